The summed E-state index contributed by atoms with van der Waals surface area (Å²) in [5.41, 5.74) is 1.52. The van der Waals surface area contributed by atoms with Crippen molar-refractivity contribution < 1.29 is 14.7 Å². The third kappa shape index (κ3) is 2.54. The predicted molar refractivity (Wildman–Crippen MR) is 78.2 cm³/mol. The van der Waals surface area contributed by atoms with Gasteiger partial charge in [-0.3, -0.25) is 9.48 Å². The first-order chi connectivity index (χ1) is 9.66. The van der Waals surface area contributed by atoms with Crippen LogP contribution in [0, 0.1) is 19.3 Å². The van der Waals surface area contributed by atoms with Crippen molar-refractivity contribution in [2.75, 3.05) is 6.54 Å². The second kappa shape index (κ2) is 5.16. The number of aryl methyl sites for hydroxylation is 2. The lowest BCUT2D eigenvalue weighted by Crippen LogP contribution is -2.56. The van der Waals surface area contributed by atoms with Gasteiger partial charge in [-0.05, 0) is 32.1 Å². The fourth-order valence-corrected chi connectivity index (χ4v) is 3.31. The van der Waals surface area contributed by atoms with Crippen molar-refractivity contribution in [1.82, 2.24) is 14.7 Å². The molecule has 1 saturated heterocycles. The Labute approximate surface area is 124 Å². The fourth-order valence-electron chi connectivity index (χ4n) is 3.31. The van der Waals surface area contributed by atoms with Crippen LogP contribution in [0.5, 0.6) is 0 Å². The van der Waals surface area contributed by atoms with Gasteiger partial charge in [-0.2, -0.15) is 5.10 Å². The van der Waals surface area contributed by atoms with Gasteiger partial charge < -0.3 is 10.0 Å². The van der Waals surface area contributed by atoms with Gasteiger partial charge in [0.15, 0.2) is 0 Å². The lowest BCUT2D eigenvalue weighted by Gasteiger charge is -2.44. The predicted octanol–water partition coefficient (Wildman–Crippen LogP) is 1.75. The lowest BCUT2D eigenvalue weighted by molar-refractivity contribution is -0.148. The van der Waals surface area contributed by atoms with Crippen LogP contribution in [-0.4, -0.2) is 44.3 Å². The number of piperidine rings is 1. The number of carbonyl (C=O) groups excluding carboxylic acids is 1. The third-order valence-corrected chi connectivity index (χ3v) is 4.49. The Balaban J connectivity index is 2.43. The van der Waals surface area contributed by atoms with Crippen molar-refractivity contribution in [3.05, 3.63) is 17.0 Å². The minimum atomic E-state index is -0.938. The van der Waals surface area contributed by atoms with Crippen LogP contribution in [0.4, 0.5) is 0 Å². The molecule has 1 unspecified atom stereocenters. The summed E-state index contributed by atoms with van der Waals surface area (Å²) in [5.74, 6) is -1.16. The van der Waals surface area contributed by atoms with Gasteiger partial charge in [0.25, 0.3) is 5.91 Å². The standard InChI is InChI=1S/C15H23N3O3/c1-9-11(10(2)17(5)16-9)13(19)18-8-6-7-15(3,4)12(18)14(20)21/h12H,6-8H2,1-5H3,(H,20,21). The molecule has 1 fully saturated rings. The molecule has 1 aliphatic rings. The Hall–Kier alpha value is -1.85. The van der Waals surface area contributed by atoms with Gasteiger partial charge in [-0.25, -0.2) is 4.79 Å². The van der Waals surface area contributed by atoms with E-state index in [1.807, 2.05) is 20.8 Å². The number of nitrogens with zero attached hydrogens (tertiary/aromatic N) is 3. The van der Waals surface area contributed by atoms with E-state index in [1.165, 1.54) is 4.90 Å². The Morgan fingerprint density at radius 2 is 1.95 bits per heavy atom. The summed E-state index contributed by atoms with van der Waals surface area (Å²) in [6, 6.07) is -0.794. The quantitative estimate of drug-likeness (QED) is 0.901. The van der Waals surface area contributed by atoms with Crippen LogP contribution in [-0.2, 0) is 11.8 Å². The van der Waals surface area contributed by atoms with Crippen LogP contribution < -0.4 is 0 Å². The number of carbonyl (C=O) groups is 2. The molecule has 0 saturated carbocycles. The number of hydrogen-bond acceptors (Lipinski definition) is 3. The molecular weight excluding hydrogens is 270 g/mol. The molecule has 6 nitrogen and oxygen atoms in total. The highest BCUT2D eigenvalue weighted by molar-refractivity contribution is 5.98. The van der Waals surface area contributed by atoms with Crippen LogP contribution in [0.25, 0.3) is 0 Å². The number of aromatic nitrogens is 2. The minimum Gasteiger partial charge on any atom is -0.480 e. The maximum atomic E-state index is 12.9. The van der Waals surface area contributed by atoms with Crippen LogP contribution in [0.1, 0.15) is 48.4 Å². The highest BCUT2D eigenvalue weighted by atomic mass is 16.4. The van der Waals surface area contributed by atoms with Gasteiger partial charge in [0.2, 0.25) is 0 Å². The SMILES string of the molecule is Cc1nn(C)c(C)c1C(=O)N1CCCC(C)(C)C1C(=O)O. The fraction of sp³-hybridized carbons (Fsp3) is 0.667. The van der Waals surface area contributed by atoms with E-state index >= 15 is 0 Å². The Morgan fingerprint density at radius 1 is 1.33 bits per heavy atom. The number of rotatable bonds is 2. The molecule has 21 heavy (non-hydrogen) atoms. The Morgan fingerprint density at radius 3 is 2.43 bits per heavy atom. The lowest BCUT2D eigenvalue weighted by atomic mass is 9.76. The van der Waals surface area contributed by atoms with Crippen LogP contribution in [0.15, 0.2) is 0 Å². The van der Waals surface area contributed by atoms with E-state index in [0.717, 1.165) is 18.5 Å². The number of carboxylic acid groups (broad SMARTS) is 1. The van der Waals surface area contributed by atoms with Crippen LogP contribution in [0.3, 0.4) is 0 Å². The summed E-state index contributed by atoms with van der Waals surface area (Å²) in [4.78, 5) is 26.0. The molecule has 1 N–H and O–H groups in total. The molecule has 116 valence electrons. The summed E-state index contributed by atoms with van der Waals surface area (Å²) in [7, 11) is 1.79. The highest BCUT2D eigenvalue weighted by Crippen LogP contribution is 2.36. The number of likely N-dealkylation sites (tertiary alicyclic amines) is 1. The topological polar surface area (TPSA) is 75.4 Å². The summed E-state index contributed by atoms with van der Waals surface area (Å²) < 4.78 is 1.66. The van der Waals surface area contributed by atoms with Gasteiger partial charge >= 0.3 is 5.97 Å². The van der Waals surface area contributed by atoms with E-state index < -0.39 is 17.4 Å². The molecule has 0 bridgehead atoms. The zero-order chi connectivity index (χ0) is 15.9. The molecule has 6 heteroatoms. The molecule has 2 heterocycles. The molecule has 2 rings (SSSR count). The maximum Gasteiger partial charge on any atom is 0.326 e. The maximum absolute atomic E-state index is 12.9. The van der Waals surface area contributed by atoms with Crippen LogP contribution >= 0.6 is 0 Å². The minimum absolute atomic E-state index is 0.224. The molecule has 0 spiro atoms. The largest absolute Gasteiger partial charge is 0.480 e. The monoisotopic (exact) mass is 293 g/mol. The van der Waals surface area contributed by atoms with Crippen molar-refractivity contribution >= 4 is 11.9 Å². The highest BCUT2D eigenvalue weighted by Gasteiger charge is 2.45. The number of amides is 1. The average molecular weight is 293 g/mol. The Kier molecular flexibility index (Phi) is 3.82. The summed E-state index contributed by atoms with van der Waals surface area (Å²) in [5, 5.41) is 13.8. The molecule has 1 aromatic heterocycles. The van der Waals surface area contributed by atoms with Crippen molar-refractivity contribution in [2.45, 2.75) is 46.6 Å². The number of carboxylic acids is 1. The first-order valence-electron chi connectivity index (χ1n) is 7.21. The number of hydrogen-bond donors (Lipinski definition) is 1. The van der Waals surface area contributed by atoms with E-state index in [0.29, 0.717) is 17.8 Å². The van der Waals surface area contributed by atoms with Crippen molar-refractivity contribution in [2.24, 2.45) is 12.5 Å². The van der Waals surface area contributed by atoms with E-state index in [4.69, 9.17) is 0 Å². The van der Waals surface area contributed by atoms with Gasteiger partial charge in [0.1, 0.15) is 6.04 Å². The smallest absolute Gasteiger partial charge is 0.326 e. The van der Waals surface area contributed by atoms with E-state index in [9.17, 15) is 14.7 Å². The zero-order valence-electron chi connectivity index (χ0n) is 13.3. The molecule has 1 amide bonds. The van der Waals surface area contributed by atoms with Crippen LogP contribution in [0.2, 0.25) is 0 Å². The Bertz CT molecular complexity index is 589. The third-order valence-electron chi connectivity index (χ3n) is 4.49. The van der Waals surface area contributed by atoms with E-state index in [2.05, 4.69) is 5.10 Å². The summed E-state index contributed by atoms with van der Waals surface area (Å²) in [6.07, 6.45) is 1.62. The molecule has 1 aliphatic heterocycles. The summed E-state index contributed by atoms with van der Waals surface area (Å²) >= 11 is 0. The molecule has 0 aromatic carbocycles. The summed E-state index contributed by atoms with van der Waals surface area (Å²) in [6.45, 7) is 7.92. The first kappa shape index (κ1) is 15.5. The normalized spacial score (nSPS) is 21.4. The van der Waals surface area contributed by atoms with Crippen molar-refractivity contribution in [3.63, 3.8) is 0 Å². The first-order valence-corrected chi connectivity index (χ1v) is 7.21. The van der Waals surface area contributed by atoms with E-state index in [1.54, 1.807) is 18.7 Å². The van der Waals surface area contributed by atoms with Gasteiger partial charge in [-0.1, -0.05) is 13.8 Å². The molecule has 1 atom stereocenters. The van der Waals surface area contributed by atoms with Gasteiger partial charge in [-0.15, -0.1) is 0 Å². The van der Waals surface area contributed by atoms with Gasteiger partial charge in [0.05, 0.1) is 11.3 Å². The molecule has 0 radical (unpaired) electrons. The zero-order valence-corrected chi connectivity index (χ0v) is 13.3. The molecular formula is C15H23N3O3. The van der Waals surface area contributed by atoms with Crippen molar-refractivity contribution in [3.8, 4) is 0 Å². The molecule has 1 aromatic rings. The average Bonchev–Trinajstić information content (AvgIpc) is 2.60. The second-order valence-corrected chi connectivity index (χ2v) is 6.50. The number of aliphatic carboxylic acids is 1. The van der Waals surface area contributed by atoms with Crippen molar-refractivity contribution in [1.29, 1.82) is 0 Å². The van der Waals surface area contributed by atoms with Gasteiger partial charge in [0, 0.05) is 19.3 Å². The molecule has 0 aliphatic carbocycles. The second-order valence-electron chi connectivity index (χ2n) is 6.50. The van der Waals surface area contributed by atoms with E-state index in [-0.39, 0.29) is 5.91 Å².